The quantitative estimate of drug-likeness (QED) is 0.402. The van der Waals surface area contributed by atoms with Crippen LogP contribution in [0.1, 0.15) is 19.8 Å². The maximum absolute atomic E-state index is 14.0. The van der Waals surface area contributed by atoms with Crippen molar-refractivity contribution in [3.63, 3.8) is 0 Å². The molecule has 0 bridgehead atoms. The summed E-state index contributed by atoms with van der Waals surface area (Å²) < 4.78 is 15.7. The molecule has 2 aromatic carbocycles. The van der Waals surface area contributed by atoms with Gasteiger partial charge in [0.25, 0.3) is 5.56 Å². The first-order valence-corrected chi connectivity index (χ1v) is 12.0. The number of anilines is 1. The largest absolute Gasteiger partial charge is 0.366 e. The van der Waals surface area contributed by atoms with Crippen molar-refractivity contribution < 1.29 is 9.18 Å². The summed E-state index contributed by atoms with van der Waals surface area (Å²) >= 11 is 1.31. The first-order chi connectivity index (χ1) is 15.6. The van der Waals surface area contributed by atoms with E-state index in [1.165, 1.54) is 17.8 Å². The predicted octanol–water partition coefficient (Wildman–Crippen LogP) is 3.78. The van der Waals surface area contributed by atoms with Crippen LogP contribution >= 0.6 is 11.8 Å². The van der Waals surface area contributed by atoms with Gasteiger partial charge in [0, 0.05) is 32.7 Å². The number of thioether (sulfide) groups is 1. The maximum Gasteiger partial charge on any atom is 0.262 e. The SMILES string of the molecule is CCCCn1c(SCC(=O)N2CCN(c3ccccc3F)CC2)nc2ccccc2c1=O. The summed E-state index contributed by atoms with van der Waals surface area (Å²) in [6.45, 7) is 4.93. The van der Waals surface area contributed by atoms with Crippen LogP contribution in [0.2, 0.25) is 0 Å². The lowest BCUT2D eigenvalue weighted by Gasteiger charge is -2.36. The Balaban J connectivity index is 1.43. The Morgan fingerprint density at radius 3 is 2.53 bits per heavy atom. The Labute approximate surface area is 191 Å². The van der Waals surface area contributed by atoms with Crippen LogP contribution in [0.4, 0.5) is 10.1 Å². The molecule has 1 aliphatic heterocycles. The van der Waals surface area contributed by atoms with E-state index in [0.717, 1.165) is 12.8 Å². The summed E-state index contributed by atoms with van der Waals surface area (Å²) in [7, 11) is 0. The van der Waals surface area contributed by atoms with Gasteiger partial charge in [0.2, 0.25) is 5.91 Å². The molecule has 32 heavy (non-hydrogen) atoms. The molecule has 0 unspecified atom stereocenters. The summed E-state index contributed by atoms with van der Waals surface area (Å²) in [5.41, 5.74) is 1.17. The fraction of sp³-hybridized carbons (Fsp3) is 0.375. The van der Waals surface area contributed by atoms with Crippen LogP contribution in [-0.4, -0.2) is 52.3 Å². The number of piperazine rings is 1. The number of hydrogen-bond acceptors (Lipinski definition) is 5. The molecule has 1 saturated heterocycles. The molecule has 0 spiro atoms. The highest BCUT2D eigenvalue weighted by molar-refractivity contribution is 7.99. The number of nitrogens with zero attached hydrogens (tertiary/aromatic N) is 4. The third-order valence-electron chi connectivity index (χ3n) is 5.71. The van der Waals surface area contributed by atoms with Gasteiger partial charge in [-0.15, -0.1) is 0 Å². The predicted molar refractivity (Wildman–Crippen MR) is 127 cm³/mol. The molecule has 1 aromatic heterocycles. The number of halogens is 1. The van der Waals surface area contributed by atoms with E-state index in [4.69, 9.17) is 0 Å². The molecule has 0 atom stereocenters. The molecule has 1 amide bonds. The topological polar surface area (TPSA) is 58.4 Å². The number of aromatic nitrogens is 2. The molecule has 3 aromatic rings. The zero-order valence-corrected chi connectivity index (χ0v) is 19.0. The minimum absolute atomic E-state index is 0.00707. The van der Waals surface area contributed by atoms with E-state index in [0.29, 0.717) is 54.5 Å². The molecular formula is C24H27FN4O2S. The minimum Gasteiger partial charge on any atom is -0.366 e. The number of hydrogen-bond donors (Lipinski definition) is 0. The molecule has 0 N–H and O–H groups in total. The Hall–Kier alpha value is -2.87. The molecule has 0 radical (unpaired) electrons. The molecule has 2 heterocycles. The number of rotatable bonds is 7. The number of unbranched alkanes of at least 4 members (excludes halogenated alkanes) is 1. The number of carbonyl (C=O) groups excluding carboxylic acids is 1. The van der Waals surface area contributed by atoms with Crippen molar-refractivity contribution >= 4 is 34.3 Å². The van der Waals surface area contributed by atoms with Crippen LogP contribution in [0, 0.1) is 5.82 Å². The van der Waals surface area contributed by atoms with Gasteiger partial charge in [-0.25, -0.2) is 9.37 Å². The number of carbonyl (C=O) groups is 1. The molecule has 0 aliphatic carbocycles. The second-order valence-electron chi connectivity index (χ2n) is 7.83. The lowest BCUT2D eigenvalue weighted by molar-refractivity contribution is -0.128. The van der Waals surface area contributed by atoms with Gasteiger partial charge in [0.1, 0.15) is 5.82 Å². The average molecular weight is 455 g/mol. The van der Waals surface area contributed by atoms with Gasteiger partial charge in [0.15, 0.2) is 5.16 Å². The highest BCUT2D eigenvalue weighted by atomic mass is 32.2. The summed E-state index contributed by atoms with van der Waals surface area (Å²) in [6.07, 6.45) is 1.84. The first-order valence-electron chi connectivity index (χ1n) is 11.0. The lowest BCUT2D eigenvalue weighted by atomic mass is 10.2. The second-order valence-corrected chi connectivity index (χ2v) is 8.77. The third-order valence-corrected chi connectivity index (χ3v) is 6.67. The van der Waals surface area contributed by atoms with Crippen molar-refractivity contribution in [1.82, 2.24) is 14.5 Å². The van der Waals surface area contributed by atoms with Gasteiger partial charge >= 0.3 is 0 Å². The van der Waals surface area contributed by atoms with Crippen LogP contribution in [0.25, 0.3) is 10.9 Å². The van der Waals surface area contributed by atoms with Crippen molar-refractivity contribution in [1.29, 1.82) is 0 Å². The summed E-state index contributed by atoms with van der Waals surface area (Å²) in [4.78, 5) is 34.3. The summed E-state index contributed by atoms with van der Waals surface area (Å²) in [6, 6.07) is 14.0. The Bertz CT molecular complexity index is 1160. The molecule has 8 heteroatoms. The van der Waals surface area contributed by atoms with Crippen molar-refractivity contribution in [2.45, 2.75) is 31.5 Å². The van der Waals surface area contributed by atoms with Crippen LogP contribution < -0.4 is 10.5 Å². The fourth-order valence-electron chi connectivity index (χ4n) is 3.89. The Morgan fingerprint density at radius 2 is 1.78 bits per heavy atom. The van der Waals surface area contributed by atoms with Crippen molar-refractivity contribution in [2.75, 3.05) is 36.8 Å². The molecule has 0 saturated carbocycles. The van der Waals surface area contributed by atoms with Crippen LogP contribution in [0.5, 0.6) is 0 Å². The van der Waals surface area contributed by atoms with Crippen LogP contribution in [0.15, 0.2) is 58.5 Å². The van der Waals surface area contributed by atoms with E-state index < -0.39 is 0 Å². The molecular weight excluding hydrogens is 427 g/mol. The number of fused-ring (bicyclic) bond motifs is 1. The van der Waals surface area contributed by atoms with E-state index in [9.17, 15) is 14.0 Å². The van der Waals surface area contributed by atoms with Gasteiger partial charge in [-0.3, -0.25) is 14.2 Å². The lowest BCUT2D eigenvalue weighted by Crippen LogP contribution is -2.49. The van der Waals surface area contributed by atoms with Crippen LogP contribution in [-0.2, 0) is 11.3 Å². The van der Waals surface area contributed by atoms with Gasteiger partial charge < -0.3 is 9.80 Å². The zero-order chi connectivity index (χ0) is 22.5. The third kappa shape index (κ3) is 4.80. The van der Waals surface area contributed by atoms with Crippen LogP contribution in [0.3, 0.4) is 0 Å². The summed E-state index contributed by atoms with van der Waals surface area (Å²) in [5, 5.41) is 1.18. The average Bonchev–Trinajstić information content (AvgIpc) is 2.82. The van der Waals surface area contributed by atoms with Gasteiger partial charge in [-0.1, -0.05) is 49.4 Å². The number of amides is 1. The maximum atomic E-state index is 14.0. The molecule has 6 nitrogen and oxygen atoms in total. The van der Waals surface area contributed by atoms with E-state index in [2.05, 4.69) is 11.9 Å². The van der Waals surface area contributed by atoms with Gasteiger partial charge in [-0.05, 0) is 30.7 Å². The van der Waals surface area contributed by atoms with Crippen molar-refractivity contribution in [3.05, 3.63) is 64.7 Å². The van der Waals surface area contributed by atoms with E-state index in [1.807, 2.05) is 29.2 Å². The minimum atomic E-state index is -0.240. The second kappa shape index (κ2) is 10.2. The fourth-order valence-corrected chi connectivity index (χ4v) is 4.82. The van der Waals surface area contributed by atoms with Crippen molar-refractivity contribution in [3.8, 4) is 0 Å². The van der Waals surface area contributed by atoms with E-state index >= 15 is 0 Å². The van der Waals surface area contributed by atoms with Gasteiger partial charge in [0.05, 0.1) is 22.3 Å². The zero-order valence-electron chi connectivity index (χ0n) is 18.2. The number of benzene rings is 2. The molecule has 168 valence electrons. The highest BCUT2D eigenvalue weighted by Gasteiger charge is 2.23. The van der Waals surface area contributed by atoms with Gasteiger partial charge in [-0.2, -0.15) is 0 Å². The standard InChI is InChI=1S/C24H27FN4O2S/c1-2-3-12-29-23(31)18-8-4-6-10-20(18)26-24(29)32-17-22(30)28-15-13-27(14-16-28)21-11-7-5-9-19(21)25/h4-11H,2-3,12-17H2,1H3. The molecule has 4 rings (SSSR count). The Kier molecular flexibility index (Phi) is 7.09. The summed E-state index contributed by atoms with van der Waals surface area (Å²) in [5.74, 6) is -0.0146. The first kappa shape index (κ1) is 22.3. The highest BCUT2D eigenvalue weighted by Crippen LogP contribution is 2.22. The Morgan fingerprint density at radius 1 is 1.06 bits per heavy atom. The van der Waals surface area contributed by atoms with Crippen molar-refractivity contribution in [2.24, 2.45) is 0 Å². The van der Waals surface area contributed by atoms with E-state index in [-0.39, 0.29) is 23.0 Å². The van der Waals surface area contributed by atoms with E-state index in [1.54, 1.807) is 27.7 Å². The normalized spacial score (nSPS) is 14.2. The smallest absolute Gasteiger partial charge is 0.262 e. The number of para-hydroxylation sites is 2. The molecule has 1 aliphatic rings. The molecule has 1 fully saturated rings. The monoisotopic (exact) mass is 454 g/mol.